The van der Waals surface area contributed by atoms with Crippen LogP contribution in [0, 0.1) is 5.92 Å². The first-order valence-electron chi connectivity index (χ1n) is 6.98. The summed E-state index contributed by atoms with van der Waals surface area (Å²) < 4.78 is 41.5. The highest BCUT2D eigenvalue weighted by atomic mass is 19.4. The molecule has 7 heteroatoms. The number of hydrogen-bond donors (Lipinski definition) is 2. The van der Waals surface area contributed by atoms with Crippen LogP contribution < -0.4 is 15.8 Å². The van der Waals surface area contributed by atoms with Gasteiger partial charge >= 0.3 is 6.18 Å². The first-order chi connectivity index (χ1) is 9.78. The molecule has 1 rings (SSSR count). The lowest BCUT2D eigenvalue weighted by Gasteiger charge is -2.12. The van der Waals surface area contributed by atoms with E-state index < -0.39 is 12.6 Å². The normalized spacial score (nSPS) is 11.7. The number of nitrogen functional groups attached to an aromatic ring is 1. The summed E-state index contributed by atoms with van der Waals surface area (Å²) in [6.07, 6.45) is -4.32. The van der Waals surface area contributed by atoms with E-state index in [-0.39, 0.29) is 6.42 Å². The zero-order valence-electron chi connectivity index (χ0n) is 12.3. The molecule has 0 atom stereocenters. The average molecular weight is 305 g/mol. The first kappa shape index (κ1) is 17.4. The molecule has 0 aliphatic heterocycles. The average Bonchev–Trinajstić information content (AvgIpc) is 2.37. The van der Waals surface area contributed by atoms with E-state index in [1.807, 2.05) is 13.8 Å². The van der Waals surface area contributed by atoms with Crippen molar-refractivity contribution in [2.75, 3.05) is 24.2 Å². The molecular formula is C14H22F3N3O. The summed E-state index contributed by atoms with van der Waals surface area (Å²) in [6, 6.07) is 3.35. The molecule has 0 radical (unpaired) electrons. The van der Waals surface area contributed by atoms with Crippen LogP contribution in [-0.2, 0) is 0 Å². The Morgan fingerprint density at radius 1 is 1.29 bits per heavy atom. The van der Waals surface area contributed by atoms with E-state index >= 15 is 0 Å². The maximum Gasteiger partial charge on any atom is 0.389 e. The highest BCUT2D eigenvalue weighted by Crippen LogP contribution is 2.23. The van der Waals surface area contributed by atoms with Crippen molar-refractivity contribution in [1.29, 1.82) is 0 Å². The zero-order valence-corrected chi connectivity index (χ0v) is 12.3. The van der Waals surface area contributed by atoms with Crippen LogP contribution in [0.15, 0.2) is 12.1 Å². The fourth-order valence-electron chi connectivity index (χ4n) is 1.58. The van der Waals surface area contributed by atoms with Crippen LogP contribution in [-0.4, -0.2) is 24.3 Å². The summed E-state index contributed by atoms with van der Waals surface area (Å²) in [5.74, 6) is 1.25. The molecule has 1 aromatic heterocycles. The fraction of sp³-hybridized carbons (Fsp3) is 0.643. The summed E-state index contributed by atoms with van der Waals surface area (Å²) >= 11 is 0. The number of nitrogens with one attached hydrogen (secondary N) is 1. The van der Waals surface area contributed by atoms with E-state index in [1.54, 1.807) is 12.1 Å². The van der Waals surface area contributed by atoms with Gasteiger partial charge in [-0.15, -0.1) is 0 Å². The molecular weight excluding hydrogens is 283 g/mol. The van der Waals surface area contributed by atoms with E-state index in [4.69, 9.17) is 10.5 Å². The number of pyridine rings is 1. The van der Waals surface area contributed by atoms with Crippen molar-refractivity contribution in [1.82, 2.24) is 4.98 Å². The topological polar surface area (TPSA) is 60.2 Å². The molecule has 0 saturated heterocycles. The summed E-state index contributed by atoms with van der Waals surface area (Å²) in [7, 11) is 0. The van der Waals surface area contributed by atoms with E-state index in [2.05, 4.69) is 10.3 Å². The number of ether oxygens (including phenoxy) is 1. The second-order valence-corrected chi connectivity index (χ2v) is 5.29. The van der Waals surface area contributed by atoms with Crippen molar-refractivity contribution in [3.8, 4) is 5.88 Å². The third-order valence-corrected chi connectivity index (χ3v) is 2.64. The van der Waals surface area contributed by atoms with Gasteiger partial charge in [-0.25, -0.2) is 0 Å². The predicted molar refractivity (Wildman–Crippen MR) is 77.4 cm³/mol. The molecule has 1 heterocycles. The number of nitrogens with zero attached hydrogens (tertiary/aromatic N) is 1. The Labute approximate surface area is 122 Å². The number of halogens is 3. The summed E-state index contributed by atoms with van der Waals surface area (Å²) in [6.45, 7) is 4.96. The van der Waals surface area contributed by atoms with Gasteiger partial charge in [-0.1, -0.05) is 13.8 Å². The van der Waals surface area contributed by atoms with Crippen molar-refractivity contribution < 1.29 is 17.9 Å². The Kier molecular flexibility index (Phi) is 6.58. The molecule has 0 fully saturated rings. The third-order valence-electron chi connectivity index (χ3n) is 2.64. The number of rotatable bonds is 8. The van der Waals surface area contributed by atoms with Crippen LogP contribution in [0.4, 0.5) is 24.7 Å². The molecule has 120 valence electrons. The SMILES string of the molecule is CC(C)COc1nc(NCCCCC(F)(F)F)ccc1N. The lowest BCUT2D eigenvalue weighted by atomic mass is 10.2. The van der Waals surface area contributed by atoms with Gasteiger partial charge < -0.3 is 15.8 Å². The van der Waals surface area contributed by atoms with Gasteiger partial charge in [0.2, 0.25) is 5.88 Å². The smallest absolute Gasteiger partial charge is 0.389 e. The molecule has 4 nitrogen and oxygen atoms in total. The zero-order chi connectivity index (χ0) is 15.9. The minimum atomic E-state index is -4.09. The number of hydrogen-bond acceptors (Lipinski definition) is 4. The molecule has 0 spiro atoms. The standard InChI is InChI=1S/C14H22F3N3O/c1-10(2)9-21-13-11(18)5-6-12(20-13)19-8-4-3-7-14(15,16)17/h5-6,10H,3-4,7-9,18H2,1-2H3,(H,19,20). The fourth-order valence-corrected chi connectivity index (χ4v) is 1.58. The number of anilines is 2. The number of alkyl halides is 3. The largest absolute Gasteiger partial charge is 0.476 e. The highest BCUT2D eigenvalue weighted by Gasteiger charge is 2.25. The summed E-state index contributed by atoms with van der Waals surface area (Å²) in [5.41, 5.74) is 6.20. The van der Waals surface area contributed by atoms with Gasteiger partial charge in [0.1, 0.15) is 5.82 Å². The molecule has 21 heavy (non-hydrogen) atoms. The summed E-state index contributed by atoms with van der Waals surface area (Å²) in [4.78, 5) is 4.21. The van der Waals surface area contributed by atoms with E-state index in [0.717, 1.165) is 0 Å². The maximum absolute atomic E-state index is 12.0. The first-order valence-corrected chi connectivity index (χ1v) is 6.98. The molecule has 3 N–H and O–H groups in total. The van der Waals surface area contributed by atoms with Gasteiger partial charge in [0, 0.05) is 13.0 Å². The molecule has 1 aromatic rings. The van der Waals surface area contributed by atoms with Crippen molar-refractivity contribution in [2.45, 2.75) is 39.3 Å². The van der Waals surface area contributed by atoms with Gasteiger partial charge in [0.15, 0.2) is 0 Å². The van der Waals surface area contributed by atoms with Crippen LogP contribution in [0.2, 0.25) is 0 Å². The molecule has 0 aromatic carbocycles. The minimum Gasteiger partial charge on any atom is -0.476 e. The Morgan fingerprint density at radius 2 is 2.00 bits per heavy atom. The second kappa shape index (κ2) is 7.95. The van der Waals surface area contributed by atoms with Gasteiger partial charge in [0.05, 0.1) is 12.3 Å². The molecule has 0 amide bonds. The number of aromatic nitrogens is 1. The summed E-state index contributed by atoms with van der Waals surface area (Å²) in [5, 5.41) is 2.97. The molecule has 0 bridgehead atoms. The van der Waals surface area contributed by atoms with Gasteiger partial charge in [-0.2, -0.15) is 18.2 Å². The van der Waals surface area contributed by atoms with E-state index in [1.165, 1.54) is 0 Å². The third kappa shape index (κ3) is 7.63. The minimum absolute atomic E-state index is 0.0994. The number of unbranched alkanes of at least 4 members (excludes halogenated alkanes) is 1. The van der Waals surface area contributed by atoms with E-state index in [0.29, 0.717) is 42.9 Å². The molecule has 0 unspecified atom stereocenters. The van der Waals surface area contributed by atoms with Crippen LogP contribution >= 0.6 is 0 Å². The Balaban J connectivity index is 2.40. The predicted octanol–water partition coefficient (Wildman–Crippen LogP) is 3.84. The highest BCUT2D eigenvalue weighted by molar-refractivity contribution is 5.53. The molecule has 0 saturated carbocycles. The Hall–Kier alpha value is -1.66. The second-order valence-electron chi connectivity index (χ2n) is 5.29. The quantitative estimate of drug-likeness (QED) is 0.716. The molecule has 0 aliphatic rings. The lowest BCUT2D eigenvalue weighted by Crippen LogP contribution is -2.11. The van der Waals surface area contributed by atoms with Gasteiger partial charge in [-0.05, 0) is 30.9 Å². The van der Waals surface area contributed by atoms with Crippen molar-refractivity contribution in [2.24, 2.45) is 5.92 Å². The van der Waals surface area contributed by atoms with Crippen molar-refractivity contribution >= 4 is 11.5 Å². The Morgan fingerprint density at radius 3 is 2.62 bits per heavy atom. The molecule has 0 aliphatic carbocycles. The Bertz CT molecular complexity index is 436. The maximum atomic E-state index is 12.0. The van der Waals surface area contributed by atoms with Crippen molar-refractivity contribution in [3.63, 3.8) is 0 Å². The number of nitrogens with two attached hydrogens (primary N) is 1. The van der Waals surface area contributed by atoms with Crippen LogP contribution in [0.5, 0.6) is 5.88 Å². The monoisotopic (exact) mass is 305 g/mol. The van der Waals surface area contributed by atoms with Crippen LogP contribution in [0.1, 0.15) is 33.1 Å². The van der Waals surface area contributed by atoms with Gasteiger partial charge in [0.25, 0.3) is 0 Å². The van der Waals surface area contributed by atoms with Gasteiger partial charge in [-0.3, -0.25) is 0 Å². The lowest BCUT2D eigenvalue weighted by molar-refractivity contribution is -0.135. The van der Waals surface area contributed by atoms with Crippen molar-refractivity contribution in [3.05, 3.63) is 12.1 Å². The van der Waals surface area contributed by atoms with E-state index in [9.17, 15) is 13.2 Å². The van der Waals surface area contributed by atoms with Crippen LogP contribution in [0.25, 0.3) is 0 Å². The van der Waals surface area contributed by atoms with Crippen LogP contribution in [0.3, 0.4) is 0 Å².